The monoisotopic (exact) mass is 354 g/mol. The van der Waals surface area contributed by atoms with Gasteiger partial charge in [-0.25, -0.2) is 0 Å². The number of nitrogens with zero attached hydrogens (tertiary/aromatic N) is 1. The number of para-hydroxylation sites is 1. The molecule has 0 saturated carbocycles. The molecule has 24 heavy (non-hydrogen) atoms. The zero-order chi connectivity index (χ0) is 17.5. The minimum atomic E-state index is -4.43. The molecule has 1 aliphatic rings. The number of thiol groups is 1. The van der Waals surface area contributed by atoms with E-state index in [1.165, 1.54) is 24.1 Å². The van der Waals surface area contributed by atoms with Crippen molar-refractivity contribution in [2.24, 2.45) is 0 Å². The van der Waals surface area contributed by atoms with E-state index in [1.54, 1.807) is 18.2 Å². The van der Waals surface area contributed by atoms with Gasteiger partial charge in [0, 0.05) is 5.69 Å². The number of amides is 1. The molecule has 126 valence electrons. The molecule has 1 N–H and O–H groups in total. The summed E-state index contributed by atoms with van der Waals surface area (Å²) in [6, 6.07) is 9.35. The van der Waals surface area contributed by atoms with Gasteiger partial charge in [-0.1, -0.05) is 6.07 Å². The maximum atomic E-state index is 12.7. The highest BCUT2D eigenvalue weighted by Gasteiger charge is 2.34. The Morgan fingerprint density at radius 3 is 2.42 bits per heavy atom. The Balaban J connectivity index is 1.99. The van der Waals surface area contributed by atoms with Gasteiger partial charge in [0.25, 0.3) is 5.91 Å². The van der Waals surface area contributed by atoms with E-state index in [0.29, 0.717) is 22.7 Å². The van der Waals surface area contributed by atoms with E-state index < -0.39 is 17.2 Å². The molecule has 1 amide bonds. The second kappa shape index (κ2) is 5.94. The Morgan fingerprint density at radius 1 is 1.17 bits per heavy atom. The summed E-state index contributed by atoms with van der Waals surface area (Å²) in [7, 11) is 1.48. The number of hydrogen-bond donors (Lipinski definition) is 2. The number of anilines is 2. The number of methoxy groups -OCH3 is 1. The summed E-state index contributed by atoms with van der Waals surface area (Å²) in [5.41, 5.74) is -0.332. The van der Waals surface area contributed by atoms with E-state index in [1.807, 2.05) is 0 Å². The van der Waals surface area contributed by atoms with Crippen molar-refractivity contribution in [3.8, 4) is 5.75 Å². The van der Waals surface area contributed by atoms with Crippen LogP contribution in [0, 0.1) is 0 Å². The van der Waals surface area contributed by atoms with Crippen LogP contribution in [-0.4, -0.2) is 18.5 Å². The number of halogens is 3. The summed E-state index contributed by atoms with van der Waals surface area (Å²) in [5.74, 6) is 0.120. The predicted molar refractivity (Wildman–Crippen MR) is 87.6 cm³/mol. The average Bonchev–Trinajstić information content (AvgIpc) is 2.54. The summed E-state index contributed by atoms with van der Waals surface area (Å²) in [6.07, 6.45) is -4.43. The SMILES string of the molecule is COc1cccc2c1NC(S)N(c1ccc(C(F)(F)F)cc1)C2=O. The maximum Gasteiger partial charge on any atom is 0.416 e. The third-order valence-corrected chi connectivity index (χ3v) is 4.05. The van der Waals surface area contributed by atoms with E-state index in [0.717, 1.165) is 12.1 Å². The standard InChI is InChI=1S/C16H13F3N2O2S/c1-23-12-4-2-3-11-13(12)20-15(24)21(14(11)22)10-7-5-9(6-8-10)16(17,18)19/h2-8,15,20,24H,1H3. The fourth-order valence-electron chi connectivity index (χ4n) is 2.53. The minimum absolute atomic E-state index is 0.314. The van der Waals surface area contributed by atoms with Crippen molar-refractivity contribution in [3.63, 3.8) is 0 Å². The molecule has 1 unspecified atom stereocenters. The van der Waals surface area contributed by atoms with Gasteiger partial charge in [0.05, 0.1) is 23.9 Å². The van der Waals surface area contributed by atoms with Gasteiger partial charge in [-0.15, -0.1) is 12.6 Å². The Hall–Kier alpha value is -2.35. The molecule has 0 radical (unpaired) electrons. The van der Waals surface area contributed by atoms with Crippen molar-refractivity contribution in [3.05, 3.63) is 53.6 Å². The van der Waals surface area contributed by atoms with Gasteiger partial charge in [0.15, 0.2) is 5.50 Å². The lowest BCUT2D eigenvalue weighted by Crippen LogP contribution is -2.46. The van der Waals surface area contributed by atoms with Crippen LogP contribution in [0.3, 0.4) is 0 Å². The van der Waals surface area contributed by atoms with Crippen LogP contribution in [0.5, 0.6) is 5.75 Å². The van der Waals surface area contributed by atoms with Gasteiger partial charge in [-0.2, -0.15) is 13.2 Å². The molecule has 0 aromatic heterocycles. The second-order valence-electron chi connectivity index (χ2n) is 5.12. The minimum Gasteiger partial charge on any atom is -0.495 e. The Kier molecular flexibility index (Phi) is 4.08. The van der Waals surface area contributed by atoms with Crippen LogP contribution in [-0.2, 0) is 6.18 Å². The van der Waals surface area contributed by atoms with Crippen LogP contribution < -0.4 is 15.0 Å². The Bertz CT molecular complexity index is 778. The molecule has 0 spiro atoms. The first-order valence-electron chi connectivity index (χ1n) is 6.95. The molecule has 0 aliphatic carbocycles. The zero-order valence-electron chi connectivity index (χ0n) is 12.5. The molecular formula is C16H13F3N2O2S. The Labute approximate surface area is 141 Å². The fourth-order valence-corrected chi connectivity index (χ4v) is 2.90. The number of alkyl halides is 3. The number of benzene rings is 2. The van der Waals surface area contributed by atoms with Crippen molar-refractivity contribution < 1.29 is 22.7 Å². The van der Waals surface area contributed by atoms with Gasteiger partial charge in [0.1, 0.15) is 5.75 Å². The number of nitrogens with one attached hydrogen (secondary N) is 1. The van der Waals surface area contributed by atoms with Crippen molar-refractivity contribution in [2.45, 2.75) is 11.7 Å². The number of carbonyl (C=O) groups excluding carboxylic acids is 1. The number of hydrogen-bond acceptors (Lipinski definition) is 4. The van der Waals surface area contributed by atoms with Gasteiger partial charge < -0.3 is 10.1 Å². The van der Waals surface area contributed by atoms with Crippen LogP contribution in [0.2, 0.25) is 0 Å². The Morgan fingerprint density at radius 2 is 1.83 bits per heavy atom. The van der Waals surface area contributed by atoms with Crippen molar-refractivity contribution in [2.75, 3.05) is 17.3 Å². The van der Waals surface area contributed by atoms with Crippen LogP contribution in [0.1, 0.15) is 15.9 Å². The summed E-state index contributed by atoms with van der Waals surface area (Å²) >= 11 is 4.34. The summed E-state index contributed by atoms with van der Waals surface area (Å²) in [6.45, 7) is 0. The fraction of sp³-hybridized carbons (Fsp3) is 0.188. The molecule has 0 saturated heterocycles. The summed E-state index contributed by atoms with van der Waals surface area (Å²) < 4.78 is 43.2. The van der Waals surface area contributed by atoms with Crippen LogP contribution >= 0.6 is 12.6 Å². The number of carbonyl (C=O) groups is 1. The van der Waals surface area contributed by atoms with Crippen molar-refractivity contribution >= 4 is 29.9 Å². The smallest absolute Gasteiger partial charge is 0.416 e. The van der Waals surface area contributed by atoms with Crippen LogP contribution in [0.4, 0.5) is 24.5 Å². The highest BCUT2D eigenvalue weighted by atomic mass is 32.1. The summed E-state index contributed by atoms with van der Waals surface area (Å²) in [4.78, 5) is 14.0. The highest BCUT2D eigenvalue weighted by molar-refractivity contribution is 7.81. The normalized spacial score (nSPS) is 17.3. The molecule has 1 atom stereocenters. The lowest BCUT2D eigenvalue weighted by molar-refractivity contribution is -0.137. The lowest BCUT2D eigenvalue weighted by atomic mass is 10.1. The van der Waals surface area contributed by atoms with Crippen LogP contribution in [0.25, 0.3) is 0 Å². The van der Waals surface area contributed by atoms with Crippen molar-refractivity contribution in [1.82, 2.24) is 0 Å². The van der Waals surface area contributed by atoms with Crippen LogP contribution in [0.15, 0.2) is 42.5 Å². The largest absolute Gasteiger partial charge is 0.495 e. The maximum absolute atomic E-state index is 12.7. The molecule has 2 aromatic carbocycles. The predicted octanol–water partition coefficient (Wildman–Crippen LogP) is 4.00. The number of rotatable bonds is 2. The highest BCUT2D eigenvalue weighted by Crippen LogP contribution is 2.37. The van der Waals surface area contributed by atoms with Crippen molar-refractivity contribution in [1.29, 1.82) is 0 Å². The van der Waals surface area contributed by atoms with Gasteiger partial charge in [-0.05, 0) is 36.4 Å². The van der Waals surface area contributed by atoms with E-state index in [-0.39, 0.29) is 5.91 Å². The topological polar surface area (TPSA) is 41.6 Å². The lowest BCUT2D eigenvalue weighted by Gasteiger charge is -2.35. The quantitative estimate of drug-likeness (QED) is 0.801. The first-order valence-corrected chi connectivity index (χ1v) is 7.47. The first kappa shape index (κ1) is 16.5. The molecule has 8 heteroatoms. The molecule has 0 fully saturated rings. The molecule has 1 aliphatic heterocycles. The van der Waals surface area contributed by atoms with E-state index in [9.17, 15) is 18.0 Å². The molecule has 4 nitrogen and oxygen atoms in total. The second-order valence-corrected chi connectivity index (χ2v) is 5.61. The van der Waals surface area contributed by atoms with E-state index in [2.05, 4.69) is 17.9 Å². The molecule has 0 bridgehead atoms. The zero-order valence-corrected chi connectivity index (χ0v) is 13.4. The van der Waals surface area contributed by atoms with Gasteiger partial charge in [-0.3, -0.25) is 9.69 Å². The van der Waals surface area contributed by atoms with E-state index in [4.69, 9.17) is 4.74 Å². The third-order valence-electron chi connectivity index (χ3n) is 3.69. The van der Waals surface area contributed by atoms with E-state index >= 15 is 0 Å². The van der Waals surface area contributed by atoms with Gasteiger partial charge in [0.2, 0.25) is 0 Å². The summed E-state index contributed by atoms with van der Waals surface area (Å²) in [5, 5.41) is 3.03. The molecule has 2 aromatic rings. The number of ether oxygens (including phenoxy) is 1. The molecule has 3 rings (SSSR count). The average molecular weight is 354 g/mol. The molecular weight excluding hydrogens is 341 g/mol. The third kappa shape index (κ3) is 2.77. The number of fused-ring (bicyclic) bond motifs is 1. The van der Waals surface area contributed by atoms with Gasteiger partial charge >= 0.3 is 6.18 Å². The first-order chi connectivity index (χ1) is 11.3. The molecule has 1 heterocycles.